The Hall–Kier alpha value is -2.07. The minimum Gasteiger partial charge on any atom is -0.399 e. The van der Waals surface area contributed by atoms with Gasteiger partial charge in [-0.1, -0.05) is 23.7 Å². The molecule has 0 saturated carbocycles. The number of nitrogens with two attached hydrogens (primary N) is 1. The molecule has 1 aromatic carbocycles. The van der Waals surface area contributed by atoms with Gasteiger partial charge in [0, 0.05) is 18.3 Å². The number of hydrogen-bond donors (Lipinski definition) is 2. The van der Waals surface area contributed by atoms with E-state index in [1.165, 1.54) is 6.20 Å². The SMILES string of the molecule is Nc1cccc(CCC(=O)Nc2cnccc2Cl)c1. The van der Waals surface area contributed by atoms with E-state index in [2.05, 4.69) is 10.3 Å². The highest BCUT2D eigenvalue weighted by molar-refractivity contribution is 6.33. The molecule has 2 aromatic rings. The van der Waals surface area contributed by atoms with E-state index in [0.717, 1.165) is 5.56 Å². The quantitative estimate of drug-likeness (QED) is 0.843. The lowest BCUT2D eigenvalue weighted by Crippen LogP contribution is -2.12. The van der Waals surface area contributed by atoms with E-state index in [0.29, 0.717) is 29.2 Å². The molecular formula is C14H14ClN3O. The van der Waals surface area contributed by atoms with Crippen LogP contribution >= 0.6 is 11.6 Å². The van der Waals surface area contributed by atoms with Gasteiger partial charge >= 0.3 is 0 Å². The van der Waals surface area contributed by atoms with Crippen molar-refractivity contribution in [2.45, 2.75) is 12.8 Å². The molecule has 3 N–H and O–H groups in total. The van der Waals surface area contributed by atoms with Gasteiger partial charge in [-0.05, 0) is 30.2 Å². The molecule has 2 rings (SSSR count). The maximum Gasteiger partial charge on any atom is 0.224 e. The summed E-state index contributed by atoms with van der Waals surface area (Å²) in [6.45, 7) is 0. The fourth-order valence-corrected chi connectivity index (χ4v) is 1.84. The van der Waals surface area contributed by atoms with Gasteiger partial charge in [0.2, 0.25) is 5.91 Å². The summed E-state index contributed by atoms with van der Waals surface area (Å²) in [5, 5.41) is 3.21. The molecule has 0 bridgehead atoms. The van der Waals surface area contributed by atoms with Crippen LogP contribution in [0.2, 0.25) is 5.02 Å². The van der Waals surface area contributed by atoms with E-state index in [1.54, 1.807) is 12.3 Å². The fourth-order valence-electron chi connectivity index (χ4n) is 1.69. The number of aryl methyl sites for hydroxylation is 1. The molecule has 1 aromatic heterocycles. The molecule has 0 saturated heterocycles. The second-order valence-electron chi connectivity index (χ2n) is 4.15. The number of pyridine rings is 1. The summed E-state index contributed by atoms with van der Waals surface area (Å²) in [6, 6.07) is 9.14. The molecule has 5 heteroatoms. The zero-order valence-corrected chi connectivity index (χ0v) is 11.0. The zero-order valence-electron chi connectivity index (χ0n) is 10.3. The standard InChI is InChI=1S/C14H14ClN3O/c15-12-6-7-17-9-13(12)18-14(19)5-4-10-2-1-3-11(16)8-10/h1-3,6-9H,4-5,16H2,(H,18,19). The van der Waals surface area contributed by atoms with Crippen LogP contribution in [0.5, 0.6) is 0 Å². The van der Waals surface area contributed by atoms with Crippen LogP contribution in [-0.2, 0) is 11.2 Å². The molecule has 0 unspecified atom stereocenters. The van der Waals surface area contributed by atoms with Crippen molar-refractivity contribution in [3.63, 3.8) is 0 Å². The van der Waals surface area contributed by atoms with E-state index in [-0.39, 0.29) is 5.91 Å². The Morgan fingerprint density at radius 1 is 1.37 bits per heavy atom. The summed E-state index contributed by atoms with van der Waals surface area (Å²) in [6.07, 6.45) is 4.11. The van der Waals surface area contributed by atoms with Gasteiger partial charge in [-0.15, -0.1) is 0 Å². The molecule has 0 fully saturated rings. The molecule has 4 nitrogen and oxygen atoms in total. The van der Waals surface area contributed by atoms with Gasteiger partial charge < -0.3 is 11.1 Å². The van der Waals surface area contributed by atoms with Gasteiger partial charge in [-0.25, -0.2) is 0 Å². The van der Waals surface area contributed by atoms with E-state index < -0.39 is 0 Å². The van der Waals surface area contributed by atoms with Crippen molar-refractivity contribution in [2.75, 3.05) is 11.1 Å². The van der Waals surface area contributed by atoms with Gasteiger partial charge in [0.1, 0.15) is 0 Å². The van der Waals surface area contributed by atoms with Crippen LogP contribution in [0.15, 0.2) is 42.7 Å². The molecule has 0 spiro atoms. The Kier molecular flexibility index (Phi) is 4.36. The maximum absolute atomic E-state index is 11.8. The summed E-state index contributed by atoms with van der Waals surface area (Å²) in [4.78, 5) is 15.7. The van der Waals surface area contributed by atoms with Crippen molar-refractivity contribution in [3.8, 4) is 0 Å². The van der Waals surface area contributed by atoms with Crippen molar-refractivity contribution in [1.82, 2.24) is 4.98 Å². The number of rotatable bonds is 4. The van der Waals surface area contributed by atoms with Crippen molar-refractivity contribution >= 4 is 28.9 Å². The normalized spacial score (nSPS) is 10.2. The molecule has 1 heterocycles. The van der Waals surface area contributed by atoms with Gasteiger partial charge in [-0.3, -0.25) is 9.78 Å². The summed E-state index contributed by atoms with van der Waals surface area (Å²) in [5.41, 5.74) is 7.95. The number of nitrogens with zero attached hydrogens (tertiary/aromatic N) is 1. The van der Waals surface area contributed by atoms with Gasteiger partial charge in [0.25, 0.3) is 0 Å². The first-order valence-corrected chi connectivity index (χ1v) is 6.27. The molecular weight excluding hydrogens is 262 g/mol. The third-order valence-electron chi connectivity index (χ3n) is 2.63. The fraction of sp³-hybridized carbons (Fsp3) is 0.143. The summed E-state index contributed by atoms with van der Waals surface area (Å²) in [7, 11) is 0. The molecule has 98 valence electrons. The molecule has 0 atom stereocenters. The molecule has 0 radical (unpaired) electrons. The third-order valence-corrected chi connectivity index (χ3v) is 2.96. The molecule has 0 aliphatic heterocycles. The topological polar surface area (TPSA) is 68.0 Å². The zero-order chi connectivity index (χ0) is 13.7. The molecule has 19 heavy (non-hydrogen) atoms. The predicted molar refractivity (Wildman–Crippen MR) is 77.1 cm³/mol. The Labute approximate surface area is 116 Å². The Balaban J connectivity index is 1.90. The van der Waals surface area contributed by atoms with Crippen LogP contribution in [0.3, 0.4) is 0 Å². The first-order chi connectivity index (χ1) is 9.15. The number of carbonyl (C=O) groups excluding carboxylic acids is 1. The minimum absolute atomic E-state index is 0.0997. The van der Waals surface area contributed by atoms with Crippen LogP contribution in [-0.4, -0.2) is 10.9 Å². The highest BCUT2D eigenvalue weighted by atomic mass is 35.5. The monoisotopic (exact) mass is 275 g/mol. The Morgan fingerprint density at radius 3 is 2.95 bits per heavy atom. The van der Waals surface area contributed by atoms with Gasteiger partial charge in [0.15, 0.2) is 0 Å². The number of nitrogens with one attached hydrogen (secondary N) is 1. The van der Waals surface area contributed by atoms with E-state index >= 15 is 0 Å². The number of halogens is 1. The first-order valence-electron chi connectivity index (χ1n) is 5.89. The van der Waals surface area contributed by atoms with E-state index in [1.807, 2.05) is 24.3 Å². The lowest BCUT2D eigenvalue weighted by molar-refractivity contribution is -0.116. The number of benzene rings is 1. The van der Waals surface area contributed by atoms with Crippen LogP contribution in [0, 0.1) is 0 Å². The lowest BCUT2D eigenvalue weighted by Gasteiger charge is -2.06. The number of anilines is 2. The van der Waals surface area contributed by atoms with Gasteiger partial charge in [-0.2, -0.15) is 0 Å². The van der Waals surface area contributed by atoms with Crippen molar-refractivity contribution in [1.29, 1.82) is 0 Å². The summed E-state index contributed by atoms with van der Waals surface area (Å²) >= 11 is 5.94. The van der Waals surface area contributed by atoms with Crippen LogP contribution in [0.25, 0.3) is 0 Å². The summed E-state index contributed by atoms with van der Waals surface area (Å²) in [5.74, 6) is -0.0997. The average Bonchev–Trinajstić information content (AvgIpc) is 2.39. The van der Waals surface area contributed by atoms with Crippen molar-refractivity contribution in [3.05, 3.63) is 53.3 Å². The number of nitrogen functional groups attached to an aromatic ring is 1. The molecule has 0 aliphatic rings. The second-order valence-corrected chi connectivity index (χ2v) is 4.56. The predicted octanol–water partition coefficient (Wildman–Crippen LogP) is 2.89. The largest absolute Gasteiger partial charge is 0.399 e. The maximum atomic E-state index is 11.8. The van der Waals surface area contributed by atoms with Gasteiger partial charge in [0.05, 0.1) is 16.9 Å². The smallest absolute Gasteiger partial charge is 0.224 e. The summed E-state index contributed by atoms with van der Waals surface area (Å²) < 4.78 is 0. The van der Waals surface area contributed by atoms with E-state index in [9.17, 15) is 4.79 Å². The Morgan fingerprint density at radius 2 is 2.21 bits per heavy atom. The van der Waals surface area contributed by atoms with Crippen LogP contribution < -0.4 is 11.1 Å². The number of amides is 1. The number of aromatic nitrogens is 1. The minimum atomic E-state index is -0.0997. The van der Waals surface area contributed by atoms with Crippen LogP contribution in [0.1, 0.15) is 12.0 Å². The highest BCUT2D eigenvalue weighted by Gasteiger charge is 2.06. The molecule has 0 aliphatic carbocycles. The average molecular weight is 276 g/mol. The first kappa shape index (κ1) is 13.4. The lowest BCUT2D eigenvalue weighted by atomic mass is 10.1. The number of carbonyl (C=O) groups is 1. The molecule has 1 amide bonds. The van der Waals surface area contributed by atoms with Crippen molar-refractivity contribution in [2.24, 2.45) is 0 Å². The Bertz CT molecular complexity index is 586. The van der Waals surface area contributed by atoms with Crippen molar-refractivity contribution < 1.29 is 4.79 Å². The van der Waals surface area contributed by atoms with Crippen LogP contribution in [0.4, 0.5) is 11.4 Å². The number of hydrogen-bond acceptors (Lipinski definition) is 3. The third kappa shape index (κ3) is 3.96. The highest BCUT2D eigenvalue weighted by Crippen LogP contribution is 2.19. The van der Waals surface area contributed by atoms with E-state index in [4.69, 9.17) is 17.3 Å². The second kappa shape index (κ2) is 6.20.